The van der Waals surface area contributed by atoms with Crippen LogP contribution in [0.3, 0.4) is 0 Å². The second-order valence-corrected chi connectivity index (χ2v) is 9.58. The van der Waals surface area contributed by atoms with Crippen molar-refractivity contribution in [3.05, 3.63) is 63.3 Å². The van der Waals surface area contributed by atoms with Crippen LogP contribution in [0.15, 0.2) is 35.1 Å². The third-order valence-electron chi connectivity index (χ3n) is 7.29. The van der Waals surface area contributed by atoms with Crippen molar-refractivity contribution in [3.63, 3.8) is 0 Å². The summed E-state index contributed by atoms with van der Waals surface area (Å²) >= 11 is 0. The van der Waals surface area contributed by atoms with Gasteiger partial charge in [0.2, 0.25) is 0 Å². The number of halogens is 1. The van der Waals surface area contributed by atoms with E-state index >= 15 is 0 Å². The molecule has 1 saturated carbocycles. The number of aryl methyl sites for hydroxylation is 1. The molecule has 1 saturated heterocycles. The number of piperazine rings is 1. The van der Waals surface area contributed by atoms with Gasteiger partial charge in [0.05, 0.1) is 0 Å². The molecule has 0 bridgehead atoms. The molecule has 0 radical (unpaired) electrons. The Labute approximate surface area is 201 Å². The van der Waals surface area contributed by atoms with Crippen molar-refractivity contribution in [2.45, 2.75) is 52.0 Å². The third-order valence-corrected chi connectivity index (χ3v) is 7.29. The van der Waals surface area contributed by atoms with Crippen LogP contribution in [0, 0.1) is 18.7 Å². The molecule has 184 valence electrons. The van der Waals surface area contributed by atoms with Crippen LogP contribution in [0.25, 0.3) is 0 Å². The van der Waals surface area contributed by atoms with Crippen LogP contribution in [0.1, 0.15) is 53.8 Å². The maximum Gasteiger partial charge on any atom is 0.259 e. The second-order valence-electron chi connectivity index (χ2n) is 9.58. The summed E-state index contributed by atoms with van der Waals surface area (Å²) < 4.78 is 20.7. The van der Waals surface area contributed by atoms with Crippen LogP contribution in [-0.4, -0.2) is 55.3 Å². The number of hydrogen-bond donors (Lipinski definition) is 0. The van der Waals surface area contributed by atoms with Crippen molar-refractivity contribution >= 4 is 11.6 Å². The van der Waals surface area contributed by atoms with Gasteiger partial charge >= 0.3 is 0 Å². The quantitative estimate of drug-likeness (QED) is 0.548. The van der Waals surface area contributed by atoms with E-state index in [9.17, 15) is 14.0 Å². The fraction of sp³-hybridized carbons (Fsp3) is 0.556. The molecule has 0 atom stereocenters. The molecule has 6 nitrogen and oxygen atoms in total. The number of nitrogens with zero attached hydrogens (tertiary/aromatic N) is 3. The van der Waals surface area contributed by atoms with Crippen LogP contribution in [0.4, 0.5) is 10.1 Å². The number of aromatic nitrogens is 1. The highest BCUT2D eigenvalue weighted by atomic mass is 19.1. The Morgan fingerprint density at radius 3 is 2.41 bits per heavy atom. The summed E-state index contributed by atoms with van der Waals surface area (Å²) in [6.07, 6.45) is 6.37. The van der Waals surface area contributed by atoms with Crippen molar-refractivity contribution in [1.29, 1.82) is 0 Å². The molecule has 2 fully saturated rings. The molecule has 2 heterocycles. The van der Waals surface area contributed by atoms with Crippen molar-refractivity contribution in [1.82, 2.24) is 9.47 Å². The molecule has 1 aromatic heterocycles. The number of pyridine rings is 1. The van der Waals surface area contributed by atoms with E-state index in [1.807, 2.05) is 11.8 Å². The predicted molar refractivity (Wildman–Crippen MR) is 132 cm³/mol. The minimum Gasteiger partial charge on any atom is -0.385 e. The lowest BCUT2D eigenvalue weighted by Crippen LogP contribution is -2.50. The van der Waals surface area contributed by atoms with Gasteiger partial charge in [-0.2, -0.15) is 0 Å². The molecule has 2 aromatic rings. The van der Waals surface area contributed by atoms with Gasteiger partial charge in [0.25, 0.3) is 5.91 Å². The number of hydrogen-bond acceptors (Lipinski definition) is 4. The smallest absolute Gasteiger partial charge is 0.259 e. The maximum absolute atomic E-state index is 13.7. The monoisotopic (exact) mass is 469 g/mol. The summed E-state index contributed by atoms with van der Waals surface area (Å²) in [6.45, 7) is 5.73. The molecule has 1 aliphatic carbocycles. The number of anilines is 1. The summed E-state index contributed by atoms with van der Waals surface area (Å²) in [5.41, 5.74) is 2.95. The van der Waals surface area contributed by atoms with E-state index in [0.717, 1.165) is 49.3 Å². The van der Waals surface area contributed by atoms with E-state index in [0.29, 0.717) is 44.3 Å². The topological polar surface area (TPSA) is 54.8 Å². The number of rotatable bonds is 8. The van der Waals surface area contributed by atoms with Gasteiger partial charge in [0.15, 0.2) is 5.43 Å². The number of benzene rings is 1. The zero-order valence-electron chi connectivity index (χ0n) is 20.4. The zero-order valence-corrected chi connectivity index (χ0v) is 20.4. The lowest BCUT2D eigenvalue weighted by molar-refractivity contribution is 0.0742. The lowest BCUT2D eigenvalue weighted by Gasteiger charge is -2.36. The van der Waals surface area contributed by atoms with E-state index in [1.54, 1.807) is 25.3 Å². The first-order chi connectivity index (χ1) is 16.5. The van der Waals surface area contributed by atoms with E-state index in [-0.39, 0.29) is 17.2 Å². The summed E-state index contributed by atoms with van der Waals surface area (Å²) in [6, 6.07) is 8.07. The van der Waals surface area contributed by atoms with Gasteiger partial charge < -0.3 is 19.1 Å². The molecule has 1 aromatic carbocycles. The molecule has 34 heavy (non-hydrogen) atoms. The molecule has 4 rings (SSSR count). The van der Waals surface area contributed by atoms with Crippen LogP contribution < -0.4 is 10.3 Å². The van der Waals surface area contributed by atoms with E-state index in [2.05, 4.69) is 9.47 Å². The van der Waals surface area contributed by atoms with E-state index < -0.39 is 0 Å². The first-order valence-electron chi connectivity index (χ1n) is 12.5. The van der Waals surface area contributed by atoms with Crippen LogP contribution in [0.5, 0.6) is 0 Å². The van der Waals surface area contributed by atoms with Crippen molar-refractivity contribution in [2.24, 2.45) is 5.92 Å². The first kappa shape index (κ1) is 24.5. The Morgan fingerprint density at radius 2 is 1.76 bits per heavy atom. The summed E-state index contributed by atoms with van der Waals surface area (Å²) in [5.74, 6) is 0.113. The van der Waals surface area contributed by atoms with Gasteiger partial charge in [-0.1, -0.05) is 25.7 Å². The van der Waals surface area contributed by atoms with Crippen LogP contribution in [-0.2, 0) is 17.7 Å². The zero-order chi connectivity index (χ0) is 24.1. The largest absolute Gasteiger partial charge is 0.385 e. The highest BCUT2D eigenvalue weighted by Crippen LogP contribution is 2.29. The van der Waals surface area contributed by atoms with Gasteiger partial charge in [-0.15, -0.1) is 0 Å². The average Bonchev–Trinajstić information content (AvgIpc) is 3.34. The predicted octanol–water partition coefficient (Wildman–Crippen LogP) is 4.03. The van der Waals surface area contributed by atoms with Gasteiger partial charge in [0, 0.05) is 69.6 Å². The maximum atomic E-state index is 13.7. The highest BCUT2D eigenvalue weighted by molar-refractivity contribution is 5.95. The Kier molecular flexibility index (Phi) is 8.03. The lowest BCUT2D eigenvalue weighted by atomic mass is 9.96. The fourth-order valence-corrected chi connectivity index (χ4v) is 5.41. The number of ether oxygens (including phenoxy) is 1. The number of amides is 1. The van der Waals surface area contributed by atoms with Crippen LogP contribution >= 0.6 is 0 Å². The molecule has 0 spiro atoms. The second kappa shape index (κ2) is 11.2. The summed E-state index contributed by atoms with van der Waals surface area (Å²) in [4.78, 5) is 30.9. The SMILES string of the molecule is COCCCn1c(C)cc(=O)c(C(=O)N2CCN(c3ccc(F)cc3)CC2)c1CC1CCCC1. The van der Waals surface area contributed by atoms with E-state index in [4.69, 9.17) is 4.74 Å². The minimum atomic E-state index is -0.256. The standard InChI is InChI=1S/C27H36FN3O3/c1-20-18-25(32)26(24(19-21-6-3-4-7-21)31(20)12-5-17-34-2)27(33)30-15-13-29(14-16-30)23-10-8-22(28)9-11-23/h8-11,18,21H,3-7,12-17,19H2,1-2H3. The molecule has 0 N–H and O–H groups in total. The number of carbonyl (C=O) groups excluding carboxylic acids is 1. The van der Waals surface area contributed by atoms with Gasteiger partial charge in [-0.25, -0.2) is 4.39 Å². The van der Waals surface area contributed by atoms with Gasteiger partial charge in [-0.05, 0) is 49.9 Å². The van der Waals surface area contributed by atoms with Crippen molar-refractivity contribution in [3.8, 4) is 0 Å². The number of methoxy groups -OCH3 is 1. The van der Waals surface area contributed by atoms with Gasteiger partial charge in [0.1, 0.15) is 11.4 Å². The third kappa shape index (κ3) is 5.52. The Balaban J connectivity index is 1.57. The number of carbonyl (C=O) groups is 1. The molecule has 2 aliphatic rings. The Bertz CT molecular complexity index is 1040. The summed E-state index contributed by atoms with van der Waals surface area (Å²) in [7, 11) is 1.69. The molecular weight excluding hydrogens is 433 g/mol. The molecule has 1 amide bonds. The fourth-order valence-electron chi connectivity index (χ4n) is 5.41. The Morgan fingerprint density at radius 1 is 1.09 bits per heavy atom. The summed E-state index contributed by atoms with van der Waals surface area (Å²) in [5, 5.41) is 0. The Hall–Kier alpha value is -2.67. The molecule has 0 unspecified atom stereocenters. The first-order valence-corrected chi connectivity index (χ1v) is 12.5. The minimum absolute atomic E-state index is 0.155. The molecule has 1 aliphatic heterocycles. The van der Waals surface area contributed by atoms with Crippen molar-refractivity contribution < 1.29 is 13.9 Å². The van der Waals surface area contributed by atoms with Gasteiger partial charge in [-0.3, -0.25) is 9.59 Å². The molecular formula is C27H36FN3O3. The van der Waals surface area contributed by atoms with Crippen molar-refractivity contribution in [2.75, 3.05) is 44.8 Å². The van der Waals surface area contributed by atoms with E-state index in [1.165, 1.54) is 25.0 Å². The molecule has 7 heteroatoms. The average molecular weight is 470 g/mol. The van der Waals surface area contributed by atoms with Crippen LogP contribution in [0.2, 0.25) is 0 Å². The normalized spacial score (nSPS) is 16.9. The highest BCUT2D eigenvalue weighted by Gasteiger charge is 2.29.